The smallest absolute Gasteiger partial charge is 0.267 e. The van der Waals surface area contributed by atoms with Gasteiger partial charge in [0, 0.05) is 37.6 Å². The van der Waals surface area contributed by atoms with Crippen molar-refractivity contribution < 1.29 is 4.79 Å². The molecular weight excluding hydrogens is 296 g/mol. The molecule has 0 aliphatic carbocycles. The van der Waals surface area contributed by atoms with Gasteiger partial charge in [0.1, 0.15) is 4.88 Å². The zero-order chi connectivity index (χ0) is 15.5. The minimum atomic E-state index is -0.0904. The minimum Gasteiger partial charge on any atom is -0.369 e. The van der Waals surface area contributed by atoms with Crippen molar-refractivity contribution >= 4 is 28.6 Å². The lowest BCUT2D eigenvalue weighted by Gasteiger charge is -2.34. The molecule has 0 atom stereocenters. The monoisotopic (exact) mass is 316 g/mol. The fourth-order valence-electron chi connectivity index (χ4n) is 2.53. The topological polar surface area (TPSA) is 48.5 Å². The number of hydrogen-bond acceptors (Lipinski definition) is 5. The fraction of sp³-hybridized carbons (Fsp3) is 0.375. The van der Waals surface area contributed by atoms with Crippen LogP contribution in [0.4, 0.5) is 11.4 Å². The number of carbonyl (C=O) groups is 1. The van der Waals surface area contributed by atoms with Gasteiger partial charge in [-0.3, -0.25) is 4.79 Å². The molecule has 5 nitrogen and oxygen atoms in total. The van der Waals surface area contributed by atoms with Gasteiger partial charge >= 0.3 is 0 Å². The Morgan fingerprint density at radius 2 is 1.86 bits per heavy atom. The van der Waals surface area contributed by atoms with Gasteiger partial charge in [-0.2, -0.15) is 0 Å². The van der Waals surface area contributed by atoms with Gasteiger partial charge in [-0.05, 0) is 38.2 Å². The molecular formula is C16H20N4OS. The van der Waals surface area contributed by atoms with Crippen LogP contribution in [0.5, 0.6) is 0 Å². The zero-order valence-electron chi connectivity index (χ0n) is 12.9. The quantitative estimate of drug-likeness (QED) is 0.945. The summed E-state index contributed by atoms with van der Waals surface area (Å²) in [6.45, 7) is 6.11. The van der Waals surface area contributed by atoms with Crippen molar-refractivity contribution in [3.8, 4) is 0 Å². The summed E-state index contributed by atoms with van der Waals surface area (Å²) >= 11 is 1.37. The molecule has 1 aliphatic rings. The van der Waals surface area contributed by atoms with E-state index in [1.807, 2.05) is 19.1 Å². The van der Waals surface area contributed by atoms with Crippen molar-refractivity contribution in [2.75, 3.05) is 43.4 Å². The van der Waals surface area contributed by atoms with Crippen molar-refractivity contribution in [3.05, 3.63) is 40.3 Å². The zero-order valence-corrected chi connectivity index (χ0v) is 13.7. The van der Waals surface area contributed by atoms with Gasteiger partial charge in [0.2, 0.25) is 0 Å². The van der Waals surface area contributed by atoms with Crippen LogP contribution in [0, 0.1) is 6.92 Å². The normalized spacial score (nSPS) is 15.8. The van der Waals surface area contributed by atoms with E-state index in [2.05, 4.69) is 39.3 Å². The predicted molar refractivity (Wildman–Crippen MR) is 91.0 cm³/mol. The third-order valence-corrected chi connectivity index (χ3v) is 4.87. The minimum absolute atomic E-state index is 0.0904. The second-order valence-corrected chi connectivity index (χ2v) is 6.41. The molecule has 1 saturated heterocycles. The maximum Gasteiger partial charge on any atom is 0.267 e. The summed E-state index contributed by atoms with van der Waals surface area (Å²) < 4.78 is 0. The lowest BCUT2D eigenvalue weighted by atomic mass is 10.2. The molecule has 1 aromatic carbocycles. The highest BCUT2D eigenvalue weighted by Gasteiger charge is 2.15. The second kappa shape index (κ2) is 6.46. The average molecular weight is 316 g/mol. The molecule has 22 heavy (non-hydrogen) atoms. The molecule has 0 unspecified atom stereocenters. The Labute approximate surface area is 134 Å². The molecule has 3 rings (SSSR count). The third kappa shape index (κ3) is 3.28. The summed E-state index contributed by atoms with van der Waals surface area (Å²) in [5.41, 5.74) is 4.49. The molecule has 1 aromatic heterocycles. The van der Waals surface area contributed by atoms with E-state index in [-0.39, 0.29) is 5.91 Å². The van der Waals surface area contributed by atoms with Crippen LogP contribution in [0.1, 0.15) is 15.4 Å². The van der Waals surface area contributed by atoms with Crippen LogP contribution in [0.15, 0.2) is 29.8 Å². The Morgan fingerprint density at radius 3 is 2.45 bits per heavy atom. The molecule has 1 N–H and O–H groups in total. The molecule has 2 heterocycles. The number of aryl methyl sites for hydroxylation is 1. The molecule has 0 bridgehead atoms. The van der Waals surface area contributed by atoms with E-state index in [0.717, 1.165) is 37.6 Å². The Hall–Kier alpha value is -1.92. The van der Waals surface area contributed by atoms with Crippen LogP contribution in [-0.2, 0) is 0 Å². The first-order chi connectivity index (χ1) is 10.6. The molecule has 1 amide bonds. The van der Waals surface area contributed by atoms with E-state index in [0.29, 0.717) is 4.88 Å². The van der Waals surface area contributed by atoms with E-state index < -0.39 is 0 Å². The first kappa shape index (κ1) is 15.0. The van der Waals surface area contributed by atoms with E-state index >= 15 is 0 Å². The van der Waals surface area contributed by atoms with Gasteiger partial charge in [-0.15, -0.1) is 11.3 Å². The molecule has 2 aromatic rings. The summed E-state index contributed by atoms with van der Waals surface area (Å²) in [5.74, 6) is -0.0904. The number of amides is 1. The molecule has 1 aliphatic heterocycles. The van der Waals surface area contributed by atoms with Crippen molar-refractivity contribution in [2.45, 2.75) is 6.92 Å². The van der Waals surface area contributed by atoms with Gasteiger partial charge in [-0.1, -0.05) is 0 Å². The number of thiazole rings is 1. The molecule has 116 valence electrons. The maximum atomic E-state index is 12.2. The molecule has 6 heteroatoms. The highest BCUT2D eigenvalue weighted by Crippen LogP contribution is 2.20. The van der Waals surface area contributed by atoms with E-state index in [1.165, 1.54) is 17.0 Å². The summed E-state index contributed by atoms with van der Waals surface area (Å²) in [6, 6.07) is 8.06. The maximum absolute atomic E-state index is 12.2. The van der Waals surface area contributed by atoms with E-state index in [1.54, 1.807) is 5.51 Å². The highest BCUT2D eigenvalue weighted by molar-refractivity contribution is 7.12. The van der Waals surface area contributed by atoms with Gasteiger partial charge < -0.3 is 15.1 Å². The number of hydrogen-bond donors (Lipinski definition) is 1. The van der Waals surface area contributed by atoms with Crippen LogP contribution < -0.4 is 10.2 Å². The number of benzene rings is 1. The van der Waals surface area contributed by atoms with E-state index in [4.69, 9.17) is 0 Å². The van der Waals surface area contributed by atoms with Crippen molar-refractivity contribution in [2.24, 2.45) is 0 Å². The lowest BCUT2D eigenvalue weighted by Crippen LogP contribution is -2.44. The Kier molecular flexibility index (Phi) is 4.40. The molecule has 0 saturated carbocycles. The summed E-state index contributed by atoms with van der Waals surface area (Å²) in [5, 5.41) is 2.93. The molecule has 0 spiro atoms. The number of nitrogens with one attached hydrogen (secondary N) is 1. The summed E-state index contributed by atoms with van der Waals surface area (Å²) in [6.07, 6.45) is 0. The third-order valence-electron chi connectivity index (χ3n) is 3.95. The number of aromatic nitrogens is 1. The van der Waals surface area contributed by atoms with Crippen LogP contribution in [0.3, 0.4) is 0 Å². The van der Waals surface area contributed by atoms with Gasteiger partial charge in [-0.25, -0.2) is 4.98 Å². The highest BCUT2D eigenvalue weighted by atomic mass is 32.1. The Bertz CT molecular complexity index is 644. The van der Waals surface area contributed by atoms with Crippen LogP contribution in [0.25, 0.3) is 0 Å². The second-order valence-electron chi connectivity index (χ2n) is 5.56. The van der Waals surface area contributed by atoms with Crippen LogP contribution >= 0.6 is 11.3 Å². The standard InChI is InChI=1S/C16H20N4OS/c1-12-15(22-11-17-12)16(21)18-13-3-5-14(6-4-13)20-9-7-19(2)8-10-20/h3-6,11H,7-10H2,1-2H3,(H,18,21). The Morgan fingerprint density at radius 1 is 1.18 bits per heavy atom. The SMILES string of the molecule is Cc1ncsc1C(=O)Nc1ccc(N2CCN(C)CC2)cc1. The fourth-order valence-corrected chi connectivity index (χ4v) is 3.23. The number of rotatable bonds is 3. The van der Waals surface area contributed by atoms with Crippen molar-refractivity contribution in [3.63, 3.8) is 0 Å². The first-order valence-electron chi connectivity index (χ1n) is 7.38. The van der Waals surface area contributed by atoms with Crippen molar-refractivity contribution in [1.29, 1.82) is 0 Å². The van der Waals surface area contributed by atoms with Gasteiger partial charge in [0.25, 0.3) is 5.91 Å². The number of nitrogens with zero attached hydrogens (tertiary/aromatic N) is 3. The molecule has 1 fully saturated rings. The number of carbonyl (C=O) groups excluding carboxylic acids is 1. The Balaban J connectivity index is 1.64. The van der Waals surface area contributed by atoms with Gasteiger partial charge in [0.15, 0.2) is 0 Å². The largest absolute Gasteiger partial charge is 0.369 e. The van der Waals surface area contributed by atoms with Crippen LogP contribution in [-0.4, -0.2) is 49.0 Å². The number of likely N-dealkylation sites (N-methyl/N-ethyl adjacent to an activating group) is 1. The average Bonchev–Trinajstić information content (AvgIpc) is 2.95. The van der Waals surface area contributed by atoms with E-state index in [9.17, 15) is 4.79 Å². The summed E-state index contributed by atoms with van der Waals surface area (Å²) in [7, 11) is 2.15. The number of piperazine rings is 1. The molecule has 0 radical (unpaired) electrons. The van der Waals surface area contributed by atoms with Crippen molar-refractivity contribution in [1.82, 2.24) is 9.88 Å². The first-order valence-corrected chi connectivity index (χ1v) is 8.26. The summed E-state index contributed by atoms with van der Waals surface area (Å²) in [4.78, 5) is 21.6. The van der Waals surface area contributed by atoms with Crippen LogP contribution in [0.2, 0.25) is 0 Å². The lowest BCUT2D eigenvalue weighted by molar-refractivity contribution is 0.103. The van der Waals surface area contributed by atoms with Gasteiger partial charge in [0.05, 0.1) is 11.2 Å². The predicted octanol–water partition coefficient (Wildman–Crippen LogP) is 2.46. The number of anilines is 2.